The van der Waals surface area contributed by atoms with E-state index >= 15 is 0 Å². The van der Waals surface area contributed by atoms with E-state index in [-0.39, 0.29) is 6.04 Å². The summed E-state index contributed by atoms with van der Waals surface area (Å²) in [6.07, 6.45) is 3.80. The zero-order valence-corrected chi connectivity index (χ0v) is 12.3. The topological polar surface area (TPSA) is 68.3 Å². The average molecular weight is 273 g/mol. The van der Waals surface area contributed by atoms with Gasteiger partial charge in [-0.25, -0.2) is 0 Å². The number of nitrogens with zero attached hydrogens (tertiary/aromatic N) is 3. The second-order valence-electron chi connectivity index (χ2n) is 4.30. The van der Waals surface area contributed by atoms with Crippen LogP contribution >= 0.6 is 11.8 Å². The largest absolute Gasteiger partial charge is 0.493 e. The second kappa shape index (κ2) is 7.63. The summed E-state index contributed by atoms with van der Waals surface area (Å²) in [7, 11) is 5.74. The van der Waals surface area contributed by atoms with Crippen LogP contribution in [-0.2, 0) is 6.54 Å². The van der Waals surface area contributed by atoms with Gasteiger partial charge in [-0.15, -0.1) is 0 Å². The lowest BCUT2D eigenvalue weighted by atomic mass is 10.2. The molecule has 18 heavy (non-hydrogen) atoms. The van der Waals surface area contributed by atoms with Gasteiger partial charge in [-0.2, -0.15) is 16.9 Å². The molecule has 0 aliphatic carbocycles. The maximum absolute atomic E-state index is 5.63. The summed E-state index contributed by atoms with van der Waals surface area (Å²) >= 11 is 1.74. The smallest absolute Gasteiger partial charge is 0.161 e. The number of rotatable bonds is 8. The van der Waals surface area contributed by atoms with Crippen LogP contribution in [0.4, 0.5) is 0 Å². The molecule has 104 valence electrons. The zero-order valence-electron chi connectivity index (χ0n) is 11.5. The van der Waals surface area contributed by atoms with Crippen molar-refractivity contribution in [1.29, 1.82) is 0 Å². The fraction of sp³-hybridized carbons (Fsp3) is 0.727. The Morgan fingerprint density at radius 3 is 2.83 bits per heavy atom. The molecule has 1 unspecified atom stereocenters. The van der Waals surface area contributed by atoms with Crippen molar-refractivity contribution in [3.8, 4) is 5.75 Å². The molecule has 0 aliphatic rings. The van der Waals surface area contributed by atoms with E-state index in [2.05, 4.69) is 21.7 Å². The van der Waals surface area contributed by atoms with Gasteiger partial charge < -0.3 is 9.64 Å². The molecule has 0 amide bonds. The average Bonchev–Trinajstić information content (AvgIpc) is 2.76. The number of likely N-dealkylation sites (N-methyl/N-ethyl adjacent to an activating group) is 1. The summed E-state index contributed by atoms with van der Waals surface area (Å²) in [6.45, 7) is 1.74. The normalized spacial score (nSPS) is 13.0. The Bertz CT molecular complexity index is 355. The maximum atomic E-state index is 5.63. The van der Waals surface area contributed by atoms with Gasteiger partial charge >= 0.3 is 0 Å². The first-order chi connectivity index (χ1) is 8.63. The summed E-state index contributed by atoms with van der Waals surface area (Å²) in [5.41, 5.74) is 3.84. The van der Waals surface area contributed by atoms with E-state index in [0.29, 0.717) is 0 Å². The molecule has 1 aromatic heterocycles. The Hall–Kier alpha value is -0.760. The van der Waals surface area contributed by atoms with Crippen LogP contribution in [0.1, 0.15) is 11.7 Å². The summed E-state index contributed by atoms with van der Waals surface area (Å²) in [5.74, 6) is 7.29. The van der Waals surface area contributed by atoms with E-state index in [1.165, 1.54) is 0 Å². The summed E-state index contributed by atoms with van der Waals surface area (Å²) in [4.78, 5) is 2.12. The van der Waals surface area contributed by atoms with Crippen LogP contribution in [0, 0.1) is 0 Å². The van der Waals surface area contributed by atoms with Crippen molar-refractivity contribution < 1.29 is 4.74 Å². The monoisotopic (exact) mass is 273 g/mol. The number of ether oxygens (including phenoxy) is 1. The summed E-state index contributed by atoms with van der Waals surface area (Å²) < 4.78 is 7.32. The molecule has 7 heteroatoms. The molecule has 0 aliphatic heterocycles. The molecule has 0 fully saturated rings. The fourth-order valence-corrected chi connectivity index (χ4v) is 2.32. The standard InChI is InChI=1S/C11H23N5OS/c1-15(2)5-6-16-11(9(14-12)8-18-4)10(17-3)7-13-16/h7,9,14H,5-6,8,12H2,1-4H3. The predicted molar refractivity (Wildman–Crippen MR) is 75.8 cm³/mol. The predicted octanol–water partition coefficient (Wildman–Crippen LogP) is 0.321. The van der Waals surface area contributed by atoms with Crippen LogP contribution in [0.15, 0.2) is 6.20 Å². The highest BCUT2D eigenvalue weighted by molar-refractivity contribution is 7.98. The van der Waals surface area contributed by atoms with E-state index in [1.807, 2.05) is 18.8 Å². The molecule has 6 nitrogen and oxygen atoms in total. The van der Waals surface area contributed by atoms with Gasteiger partial charge in [-0.3, -0.25) is 16.0 Å². The van der Waals surface area contributed by atoms with E-state index in [1.54, 1.807) is 25.1 Å². The minimum atomic E-state index is 0.0413. The van der Waals surface area contributed by atoms with E-state index in [0.717, 1.165) is 30.3 Å². The van der Waals surface area contributed by atoms with Gasteiger partial charge in [0.1, 0.15) is 0 Å². The first kappa shape index (κ1) is 15.3. The Balaban J connectivity index is 2.92. The molecule has 1 aromatic rings. The van der Waals surface area contributed by atoms with E-state index in [4.69, 9.17) is 10.6 Å². The zero-order chi connectivity index (χ0) is 13.5. The summed E-state index contributed by atoms with van der Waals surface area (Å²) in [6, 6.07) is 0.0413. The van der Waals surface area contributed by atoms with Gasteiger partial charge in [0.2, 0.25) is 0 Å². The highest BCUT2D eigenvalue weighted by atomic mass is 32.2. The molecule has 0 bridgehead atoms. The Labute approximate surface area is 113 Å². The Kier molecular flexibility index (Phi) is 6.48. The van der Waals surface area contributed by atoms with Gasteiger partial charge in [-0.1, -0.05) is 0 Å². The lowest BCUT2D eigenvalue weighted by Crippen LogP contribution is -2.32. The number of nitrogens with two attached hydrogens (primary N) is 1. The first-order valence-electron chi connectivity index (χ1n) is 5.83. The molecule has 0 radical (unpaired) electrons. The highest BCUT2D eigenvalue weighted by Crippen LogP contribution is 2.26. The molecular weight excluding hydrogens is 250 g/mol. The Morgan fingerprint density at radius 2 is 2.33 bits per heavy atom. The molecule has 1 atom stereocenters. The number of thioether (sulfide) groups is 1. The SMILES string of the molecule is COc1cnn(CCN(C)C)c1C(CSC)NN. The number of nitrogens with one attached hydrogen (secondary N) is 1. The van der Waals surface area contributed by atoms with Crippen LogP contribution in [0.3, 0.4) is 0 Å². The van der Waals surface area contributed by atoms with Gasteiger partial charge in [0.05, 0.1) is 31.6 Å². The molecule has 0 spiro atoms. The molecular formula is C11H23N5OS. The lowest BCUT2D eigenvalue weighted by Gasteiger charge is -2.19. The Morgan fingerprint density at radius 1 is 1.61 bits per heavy atom. The number of aromatic nitrogens is 2. The van der Waals surface area contributed by atoms with Gasteiger partial charge in [0, 0.05) is 12.3 Å². The van der Waals surface area contributed by atoms with Gasteiger partial charge in [0.15, 0.2) is 5.75 Å². The summed E-state index contributed by atoms with van der Waals surface area (Å²) in [5, 5.41) is 4.37. The van der Waals surface area contributed by atoms with Crippen molar-refractivity contribution in [2.75, 3.05) is 39.8 Å². The third kappa shape index (κ3) is 3.88. The minimum Gasteiger partial charge on any atom is -0.493 e. The van der Waals surface area contributed by atoms with Crippen molar-refractivity contribution in [3.05, 3.63) is 11.9 Å². The lowest BCUT2D eigenvalue weighted by molar-refractivity contribution is 0.358. The van der Waals surface area contributed by atoms with E-state index < -0.39 is 0 Å². The maximum Gasteiger partial charge on any atom is 0.161 e. The third-order valence-electron chi connectivity index (χ3n) is 2.69. The van der Waals surface area contributed by atoms with Crippen molar-refractivity contribution in [2.45, 2.75) is 12.6 Å². The molecule has 0 aromatic carbocycles. The minimum absolute atomic E-state index is 0.0413. The highest BCUT2D eigenvalue weighted by Gasteiger charge is 2.20. The molecule has 1 heterocycles. The molecule has 3 N–H and O–H groups in total. The van der Waals surface area contributed by atoms with Crippen molar-refractivity contribution in [2.24, 2.45) is 5.84 Å². The third-order valence-corrected chi connectivity index (χ3v) is 3.36. The van der Waals surface area contributed by atoms with Crippen LogP contribution in [-0.4, -0.2) is 54.4 Å². The second-order valence-corrected chi connectivity index (χ2v) is 5.21. The number of hydrogen-bond acceptors (Lipinski definition) is 6. The van der Waals surface area contributed by atoms with E-state index in [9.17, 15) is 0 Å². The van der Waals surface area contributed by atoms with Crippen LogP contribution < -0.4 is 16.0 Å². The first-order valence-corrected chi connectivity index (χ1v) is 7.22. The van der Waals surface area contributed by atoms with Gasteiger partial charge in [-0.05, 0) is 20.4 Å². The fourth-order valence-electron chi connectivity index (χ4n) is 1.73. The molecule has 1 rings (SSSR count). The van der Waals surface area contributed by atoms with Crippen LogP contribution in [0.5, 0.6) is 5.75 Å². The number of methoxy groups -OCH3 is 1. The van der Waals surface area contributed by atoms with Crippen LogP contribution in [0.25, 0.3) is 0 Å². The number of hydrogen-bond donors (Lipinski definition) is 2. The van der Waals surface area contributed by atoms with Crippen LogP contribution in [0.2, 0.25) is 0 Å². The number of hydrazine groups is 1. The van der Waals surface area contributed by atoms with Gasteiger partial charge in [0.25, 0.3) is 0 Å². The van der Waals surface area contributed by atoms with Crippen molar-refractivity contribution >= 4 is 11.8 Å². The van der Waals surface area contributed by atoms with Crippen molar-refractivity contribution in [3.63, 3.8) is 0 Å². The quantitative estimate of drug-likeness (QED) is 0.525. The van der Waals surface area contributed by atoms with Crippen molar-refractivity contribution in [1.82, 2.24) is 20.1 Å². The molecule has 0 saturated heterocycles. The molecule has 0 saturated carbocycles.